The first-order chi connectivity index (χ1) is 10.3. The normalized spacial score (nSPS) is 21.9. The van der Waals surface area contributed by atoms with Crippen LogP contribution in [0.25, 0.3) is 11.1 Å². The molecule has 3 heteroatoms. The van der Waals surface area contributed by atoms with Crippen molar-refractivity contribution < 1.29 is 10.0 Å². The molecule has 2 aromatic carbocycles. The van der Waals surface area contributed by atoms with E-state index in [0.29, 0.717) is 5.47 Å². The van der Waals surface area contributed by atoms with Gasteiger partial charge >= 0.3 is 7.12 Å². The second kappa shape index (κ2) is 4.73. The molecule has 0 saturated carbocycles. The highest BCUT2D eigenvalue weighted by Gasteiger charge is 2.33. The molecule has 0 aromatic heterocycles. The van der Waals surface area contributed by atoms with E-state index in [1.54, 1.807) is 0 Å². The van der Waals surface area contributed by atoms with Gasteiger partial charge in [-0.2, -0.15) is 0 Å². The van der Waals surface area contributed by atoms with Crippen LogP contribution in [0.2, 0.25) is 0 Å². The Labute approximate surface area is 124 Å². The quantitative estimate of drug-likeness (QED) is 0.785. The van der Waals surface area contributed by atoms with Gasteiger partial charge in [0.15, 0.2) is 0 Å². The van der Waals surface area contributed by atoms with Crippen molar-refractivity contribution in [2.75, 3.05) is 0 Å². The van der Waals surface area contributed by atoms with Gasteiger partial charge < -0.3 is 10.0 Å². The Bertz CT molecular complexity index is 761. The number of rotatable bonds is 1. The lowest BCUT2D eigenvalue weighted by molar-refractivity contribution is 0.419. The third-order valence-corrected chi connectivity index (χ3v) is 4.48. The highest BCUT2D eigenvalue weighted by Crippen LogP contribution is 2.49. The van der Waals surface area contributed by atoms with Gasteiger partial charge in [-0.1, -0.05) is 66.8 Å². The fourth-order valence-electron chi connectivity index (χ4n) is 3.52. The van der Waals surface area contributed by atoms with E-state index in [1.807, 2.05) is 18.2 Å². The lowest BCUT2D eigenvalue weighted by atomic mass is 9.65. The molecule has 102 valence electrons. The van der Waals surface area contributed by atoms with Crippen LogP contribution in [0, 0.1) is 0 Å². The summed E-state index contributed by atoms with van der Waals surface area (Å²) in [7, 11) is -1.41. The lowest BCUT2D eigenvalue weighted by Crippen LogP contribution is -2.22. The molecule has 2 unspecified atom stereocenters. The van der Waals surface area contributed by atoms with E-state index in [0.717, 1.165) is 0 Å². The monoisotopic (exact) mass is 274 g/mol. The van der Waals surface area contributed by atoms with Crippen LogP contribution in [-0.2, 0) is 0 Å². The second-order valence-electron chi connectivity index (χ2n) is 5.63. The van der Waals surface area contributed by atoms with Gasteiger partial charge in [-0.15, -0.1) is 0 Å². The molecule has 0 radical (unpaired) electrons. The summed E-state index contributed by atoms with van der Waals surface area (Å²) in [6, 6.07) is 16.9. The molecule has 0 saturated heterocycles. The van der Waals surface area contributed by atoms with Gasteiger partial charge in [0.1, 0.15) is 0 Å². The van der Waals surface area contributed by atoms with Crippen LogP contribution in [0.1, 0.15) is 23.0 Å². The SMILES string of the molecule is OB(O)C1=CC2c3ccccc3-c3ccccc3C2C=C1. The molecule has 0 spiro atoms. The van der Waals surface area contributed by atoms with Crippen LogP contribution in [0.5, 0.6) is 0 Å². The van der Waals surface area contributed by atoms with Gasteiger partial charge in [0, 0.05) is 11.8 Å². The number of hydrogen-bond acceptors (Lipinski definition) is 2. The average Bonchev–Trinajstić information content (AvgIpc) is 2.54. The van der Waals surface area contributed by atoms with Gasteiger partial charge in [-0.3, -0.25) is 0 Å². The Morgan fingerprint density at radius 3 is 1.95 bits per heavy atom. The van der Waals surface area contributed by atoms with Crippen molar-refractivity contribution in [1.82, 2.24) is 0 Å². The largest absolute Gasteiger partial charge is 0.488 e. The molecule has 0 aliphatic heterocycles. The number of hydrogen-bond donors (Lipinski definition) is 2. The van der Waals surface area contributed by atoms with Gasteiger partial charge in [0.2, 0.25) is 0 Å². The molecule has 4 rings (SSSR count). The first kappa shape index (κ1) is 12.6. The second-order valence-corrected chi connectivity index (χ2v) is 5.63. The standard InChI is InChI=1S/C18H15BO2/c20-19(21)12-9-10-17-15-7-2-1-5-13(15)14-6-3-4-8-16(14)18(17)11-12/h1-11,17-18,20-21H. The fourth-order valence-corrected chi connectivity index (χ4v) is 3.52. The van der Waals surface area contributed by atoms with Crippen molar-refractivity contribution in [3.8, 4) is 11.1 Å². The third kappa shape index (κ3) is 1.89. The number of benzene rings is 2. The Hall–Kier alpha value is -2.10. The summed E-state index contributed by atoms with van der Waals surface area (Å²) < 4.78 is 0. The van der Waals surface area contributed by atoms with Gasteiger partial charge in [-0.25, -0.2) is 0 Å². The maximum atomic E-state index is 9.45. The summed E-state index contributed by atoms with van der Waals surface area (Å²) in [5.74, 6) is 0.427. The van der Waals surface area contributed by atoms with Crippen molar-refractivity contribution in [2.24, 2.45) is 0 Å². The predicted molar refractivity (Wildman–Crippen MR) is 84.8 cm³/mol. The van der Waals surface area contributed by atoms with E-state index in [2.05, 4.69) is 48.5 Å². The minimum atomic E-state index is -1.41. The highest BCUT2D eigenvalue weighted by molar-refractivity contribution is 6.51. The van der Waals surface area contributed by atoms with E-state index in [4.69, 9.17) is 0 Å². The summed E-state index contributed by atoms with van der Waals surface area (Å²) in [6.45, 7) is 0. The average molecular weight is 274 g/mol. The van der Waals surface area contributed by atoms with E-state index >= 15 is 0 Å². The molecular weight excluding hydrogens is 259 g/mol. The van der Waals surface area contributed by atoms with Gasteiger partial charge in [-0.05, 0) is 27.7 Å². The van der Waals surface area contributed by atoms with Crippen molar-refractivity contribution in [3.05, 3.63) is 83.4 Å². The summed E-state index contributed by atoms with van der Waals surface area (Å²) in [6.07, 6.45) is 5.91. The Morgan fingerprint density at radius 2 is 1.33 bits per heavy atom. The fraction of sp³-hybridized carbons (Fsp3) is 0.111. The molecule has 0 heterocycles. The maximum absolute atomic E-state index is 9.45. The van der Waals surface area contributed by atoms with Crippen LogP contribution < -0.4 is 0 Å². The summed E-state index contributed by atoms with van der Waals surface area (Å²) >= 11 is 0. The van der Waals surface area contributed by atoms with Crippen molar-refractivity contribution in [3.63, 3.8) is 0 Å². The molecule has 0 fully saturated rings. The van der Waals surface area contributed by atoms with E-state index in [1.165, 1.54) is 22.3 Å². The molecule has 0 amide bonds. The molecule has 2 N–H and O–H groups in total. The molecule has 2 aliphatic carbocycles. The zero-order valence-electron chi connectivity index (χ0n) is 11.5. The molecule has 2 atom stereocenters. The number of allylic oxidation sites excluding steroid dienone is 4. The van der Waals surface area contributed by atoms with Crippen molar-refractivity contribution in [1.29, 1.82) is 0 Å². The molecule has 2 aromatic rings. The van der Waals surface area contributed by atoms with Gasteiger partial charge in [0.25, 0.3) is 0 Å². The Kier molecular flexibility index (Phi) is 2.84. The first-order valence-electron chi connectivity index (χ1n) is 7.20. The Balaban J connectivity index is 1.95. The zero-order valence-corrected chi connectivity index (χ0v) is 11.5. The van der Waals surface area contributed by atoms with Crippen LogP contribution in [0.3, 0.4) is 0 Å². The van der Waals surface area contributed by atoms with Gasteiger partial charge in [0.05, 0.1) is 0 Å². The highest BCUT2D eigenvalue weighted by atomic mass is 16.4. The first-order valence-corrected chi connectivity index (χ1v) is 7.20. The Morgan fingerprint density at radius 1 is 0.762 bits per heavy atom. The minimum Gasteiger partial charge on any atom is -0.423 e. The van der Waals surface area contributed by atoms with E-state index in [-0.39, 0.29) is 11.8 Å². The van der Waals surface area contributed by atoms with Crippen LogP contribution in [0.15, 0.2) is 72.2 Å². The minimum absolute atomic E-state index is 0.165. The molecule has 2 nitrogen and oxygen atoms in total. The summed E-state index contributed by atoms with van der Waals surface area (Å²) in [5.41, 5.74) is 5.65. The van der Waals surface area contributed by atoms with Crippen molar-refractivity contribution in [2.45, 2.75) is 11.8 Å². The predicted octanol–water partition coefficient (Wildman–Crippen LogP) is 3.04. The summed E-state index contributed by atoms with van der Waals surface area (Å²) in [5, 5.41) is 18.9. The van der Waals surface area contributed by atoms with Crippen LogP contribution in [-0.4, -0.2) is 17.2 Å². The third-order valence-electron chi connectivity index (χ3n) is 4.48. The molecule has 21 heavy (non-hydrogen) atoms. The molecule has 0 bridgehead atoms. The van der Waals surface area contributed by atoms with Crippen LogP contribution in [0.4, 0.5) is 0 Å². The zero-order chi connectivity index (χ0) is 14.4. The molecule has 2 aliphatic rings. The summed E-state index contributed by atoms with van der Waals surface area (Å²) in [4.78, 5) is 0. The molecular formula is C18H15BO2. The van der Waals surface area contributed by atoms with E-state index < -0.39 is 7.12 Å². The maximum Gasteiger partial charge on any atom is 0.488 e. The van der Waals surface area contributed by atoms with Crippen LogP contribution >= 0.6 is 0 Å². The number of fused-ring (bicyclic) bond motifs is 6. The smallest absolute Gasteiger partial charge is 0.423 e. The van der Waals surface area contributed by atoms with E-state index in [9.17, 15) is 10.0 Å². The van der Waals surface area contributed by atoms with Crippen molar-refractivity contribution >= 4 is 7.12 Å². The topological polar surface area (TPSA) is 40.5 Å². The lowest BCUT2D eigenvalue weighted by Gasteiger charge is -2.34.